The monoisotopic (exact) mass is 314 g/mol. The SMILES string of the molecule is COCC(=O)OC(C)(C)C(=O)c1ccc(SOOC)cc1. The third kappa shape index (κ3) is 5.47. The number of Topliss-reactive ketones (excluding diaryl/α,β-unsaturated/α-hetero) is 1. The Balaban J connectivity index is 2.74. The molecule has 0 spiro atoms. The van der Waals surface area contributed by atoms with Crippen LogP contribution in [0.4, 0.5) is 0 Å². The molecule has 0 atom stereocenters. The molecule has 0 N–H and O–H groups in total. The summed E-state index contributed by atoms with van der Waals surface area (Å²) < 4.78 is 14.5. The smallest absolute Gasteiger partial charge is 0.333 e. The summed E-state index contributed by atoms with van der Waals surface area (Å²) in [5.74, 6) is -0.882. The van der Waals surface area contributed by atoms with Gasteiger partial charge in [0.1, 0.15) is 6.61 Å². The summed E-state index contributed by atoms with van der Waals surface area (Å²) in [5.41, 5.74) is -0.820. The number of carbonyl (C=O) groups is 2. The first-order valence-corrected chi connectivity index (χ1v) is 6.88. The first-order valence-electron chi connectivity index (χ1n) is 6.13. The maximum absolute atomic E-state index is 12.4. The molecule has 0 aliphatic rings. The zero-order chi connectivity index (χ0) is 15.9. The Bertz CT molecular complexity index is 483. The molecule has 1 rings (SSSR count). The quantitative estimate of drug-likeness (QED) is 0.240. The molecule has 1 aromatic rings. The van der Waals surface area contributed by atoms with Crippen LogP contribution in [-0.4, -0.2) is 38.2 Å². The van der Waals surface area contributed by atoms with Crippen LogP contribution < -0.4 is 0 Å². The van der Waals surface area contributed by atoms with Crippen LogP contribution in [0.2, 0.25) is 0 Å². The summed E-state index contributed by atoms with van der Waals surface area (Å²) >= 11 is 1.03. The zero-order valence-corrected chi connectivity index (χ0v) is 13.2. The molecule has 1 aromatic carbocycles. The van der Waals surface area contributed by atoms with Gasteiger partial charge in [0, 0.05) is 17.6 Å². The van der Waals surface area contributed by atoms with Gasteiger partial charge < -0.3 is 9.47 Å². The van der Waals surface area contributed by atoms with E-state index in [0.717, 1.165) is 16.9 Å². The van der Waals surface area contributed by atoms with Gasteiger partial charge in [-0.3, -0.25) is 4.79 Å². The van der Waals surface area contributed by atoms with E-state index in [9.17, 15) is 9.59 Å². The van der Waals surface area contributed by atoms with Crippen molar-refractivity contribution in [2.24, 2.45) is 0 Å². The highest BCUT2D eigenvalue weighted by Crippen LogP contribution is 2.22. The van der Waals surface area contributed by atoms with Gasteiger partial charge in [-0.1, -0.05) is 12.1 Å². The van der Waals surface area contributed by atoms with E-state index >= 15 is 0 Å². The summed E-state index contributed by atoms with van der Waals surface area (Å²) in [5, 5.41) is 0. The van der Waals surface area contributed by atoms with Crippen molar-refractivity contribution in [2.45, 2.75) is 24.3 Å². The average Bonchev–Trinajstić information content (AvgIpc) is 2.44. The maximum Gasteiger partial charge on any atom is 0.333 e. The fourth-order valence-corrected chi connectivity index (χ4v) is 1.95. The molecular weight excluding hydrogens is 296 g/mol. The zero-order valence-electron chi connectivity index (χ0n) is 12.4. The molecule has 0 aromatic heterocycles. The third-order valence-corrected chi connectivity index (χ3v) is 3.16. The van der Waals surface area contributed by atoms with E-state index in [1.165, 1.54) is 14.2 Å². The number of hydrogen-bond acceptors (Lipinski definition) is 7. The molecule has 0 heterocycles. The topological polar surface area (TPSA) is 71.1 Å². The lowest BCUT2D eigenvalue weighted by Gasteiger charge is -2.23. The van der Waals surface area contributed by atoms with Gasteiger partial charge in [-0.25, -0.2) is 9.68 Å². The minimum Gasteiger partial charge on any atom is -0.450 e. The van der Waals surface area contributed by atoms with Crippen molar-refractivity contribution in [2.75, 3.05) is 20.8 Å². The first-order chi connectivity index (χ1) is 9.90. The molecule has 7 heteroatoms. The Morgan fingerprint density at radius 3 is 2.29 bits per heavy atom. The molecule has 0 bridgehead atoms. The molecule has 0 aliphatic heterocycles. The maximum atomic E-state index is 12.4. The molecule has 0 amide bonds. The lowest BCUT2D eigenvalue weighted by atomic mass is 9.96. The summed E-state index contributed by atoms with van der Waals surface area (Å²) in [6.07, 6.45) is 0. The Labute approximate surface area is 127 Å². The van der Waals surface area contributed by atoms with E-state index in [0.29, 0.717) is 5.56 Å². The number of esters is 1. The average molecular weight is 314 g/mol. The molecule has 21 heavy (non-hydrogen) atoms. The number of benzene rings is 1. The molecule has 116 valence electrons. The molecule has 0 saturated heterocycles. The second-order valence-electron chi connectivity index (χ2n) is 4.59. The Morgan fingerprint density at radius 2 is 1.76 bits per heavy atom. The molecule has 6 nitrogen and oxygen atoms in total. The van der Waals surface area contributed by atoms with Crippen molar-refractivity contribution in [3.05, 3.63) is 29.8 Å². The van der Waals surface area contributed by atoms with Gasteiger partial charge in [0.25, 0.3) is 0 Å². The summed E-state index contributed by atoms with van der Waals surface area (Å²) in [4.78, 5) is 29.0. The highest BCUT2D eigenvalue weighted by molar-refractivity contribution is 7.94. The molecular formula is C14H18O6S. The highest BCUT2D eigenvalue weighted by Gasteiger charge is 2.32. The first kappa shape index (κ1) is 17.6. The van der Waals surface area contributed by atoms with E-state index in [2.05, 4.69) is 9.62 Å². The van der Waals surface area contributed by atoms with Gasteiger partial charge >= 0.3 is 5.97 Å². The van der Waals surface area contributed by atoms with Gasteiger partial charge in [0.15, 0.2) is 5.60 Å². The van der Waals surface area contributed by atoms with Crippen molar-refractivity contribution in [3.63, 3.8) is 0 Å². The third-order valence-electron chi connectivity index (χ3n) is 2.49. The Kier molecular flexibility index (Phi) is 6.83. The Morgan fingerprint density at radius 1 is 1.14 bits per heavy atom. The minimum absolute atomic E-state index is 0.194. The second kappa shape index (κ2) is 8.14. The van der Waals surface area contributed by atoms with Crippen LogP contribution in [0.25, 0.3) is 0 Å². The van der Waals surface area contributed by atoms with Crippen molar-refractivity contribution in [1.82, 2.24) is 0 Å². The number of ketones is 1. The van der Waals surface area contributed by atoms with Crippen LogP contribution in [0, 0.1) is 0 Å². The van der Waals surface area contributed by atoms with Crippen LogP contribution in [0.15, 0.2) is 29.2 Å². The number of carbonyl (C=O) groups excluding carboxylic acids is 2. The van der Waals surface area contributed by atoms with Crippen LogP contribution in [0.1, 0.15) is 24.2 Å². The molecule has 0 fully saturated rings. The lowest BCUT2D eigenvalue weighted by molar-refractivity contribution is -0.160. The standard InChI is InChI=1S/C14H18O6S/c1-14(2,19-12(15)9-17-3)13(16)10-5-7-11(8-6-10)21-20-18-4/h5-8H,9H2,1-4H3. The molecule has 0 radical (unpaired) electrons. The number of ether oxygens (including phenoxy) is 2. The predicted molar refractivity (Wildman–Crippen MR) is 76.8 cm³/mol. The summed E-state index contributed by atoms with van der Waals surface area (Å²) in [7, 11) is 2.79. The summed E-state index contributed by atoms with van der Waals surface area (Å²) in [6.45, 7) is 2.89. The fraction of sp³-hybridized carbons (Fsp3) is 0.429. The van der Waals surface area contributed by atoms with Crippen molar-refractivity contribution in [1.29, 1.82) is 0 Å². The van der Waals surface area contributed by atoms with Crippen LogP contribution >= 0.6 is 12.0 Å². The van der Waals surface area contributed by atoms with Gasteiger partial charge in [-0.05, 0) is 26.0 Å². The van der Waals surface area contributed by atoms with Gasteiger partial charge in [0.05, 0.1) is 19.2 Å². The highest BCUT2D eigenvalue weighted by atomic mass is 32.2. The van der Waals surface area contributed by atoms with E-state index < -0.39 is 11.6 Å². The molecule has 0 aliphatic carbocycles. The van der Waals surface area contributed by atoms with Gasteiger partial charge in [-0.2, -0.15) is 4.33 Å². The fourth-order valence-electron chi connectivity index (χ4n) is 1.56. The van der Waals surface area contributed by atoms with Gasteiger partial charge in [0.2, 0.25) is 5.78 Å². The van der Waals surface area contributed by atoms with E-state index in [1.807, 2.05) is 0 Å². The number of methoxy groups -OCH3 is 1. The number of rotatable bonds is 8. The van der Waals surface area contributed by atoms with Gasteiger partial charge in [-0.15, -0.1) is 0 Å². The predicted octanol–water partition coefficient (Wildman–Crippen LogP) is 2.42. The van der Waals surface area contributed by atoms with Crippen LogP contribution in [0.3, 0.4) is 0 Å². The lowest BCUT2D eigenvalue weighted by Crippen LogP contribution is -2.38. The van der Waals surface area contributed by atoms with Crippen molar-refractivity contribution < 1.29 is 28.3 Å². The van der Waals surface area contributed by atoms with E-state index in [-0.39, 0.29) is 12.4 Å². The van der Waals surface area contributed by atoms with Crippen molar-refractivity contribution >= 4 is 23.8 Å². The van der Waals surface area contributed by atoms with Crippen molar-refractivity contribution in [3.8, 4) is 0 Å². The normalized spacial score (nSPS) is 11.2. The van der Waals surface area contributed by atoms with E-state index in [4.69, 9.17) is 9.07 Å². The molecule has 0 saturated carbocycles. The largest absolute Gasteiger partial charge is 0.450 e. The van der Waals surface area contributed by atoms with Crippen LogP contribution in [0.5, 0.6) is 0 Å². The number of hydrogen-bond donors (Lipinski definition) is 0. The van der Waals surface area contributed by atoms with Crippen LogP contribution in [-0.2, 0) is 23.5 Å². The minimum atomic E-state index is -1.26. The second-order valence-corrected chi connectivity index (χ2v) is 5.36. The van der Waals surface area contributed by atoms with E-state index in [1.54, 1.807) is 38.1 Å². The Hall–Kier alpha value is -1.41. The molecule has 0 unspecified atom stereocenters. The summed E-state index contributed by atoms with van der Waals surface area (Å²) in [6, 6.07) is 6.69.